The molecule has 3 N–H and O–H groups in total. The second kappa shape index (κ2) is 5.96. The Morgan fingerprint density at radius 2 is 2.24 bits per heavy atom. The van der Waals surface area contributed by atoms with Crippen LogP contribution in [0.3, 0.4) is 0 Å². The molecule has 0 amide bonds. The van der Waals surface area contributed by atoms with Gasteiger partial charge in [-0.15, -0.1) is 0 Å². The number of sulfonamides is 1. The summed E-state index contributed by atoms with van der Waals surface area (Å²) < 4.78 is 22.7. The zero-order chi connectivity index (χ0) is 15.6. The first-order chi connectivity index (χ1) is 9.84. The van der Waals surface area contributed by atoms with Gasteiger partial charge in [0.25, 0.3) is 5.69 Å². The quantitative estimate of drug-likeness (QED) is 0.601. The maximum absolute atomic E-state index is 11.3. The third-order valence-corrected chi connectivity index (χ3v) is 4.51. The molecule has 0 radical (unpaired) electrons. The number of hydrogen-bond donors (Lipinski definition) is 2. The molecule has 8 nitrogen and oxygen atoms in total. The summed E-state index contributed by atoms with van der Waals surface area (Å²) in [5.41, 5.74) is 0.180. The summed E-state index contributed by atoms with van der Waals surface area (Å²) in [5.74, 6) is 0. The number of rotatable bonds is 5. The summed E-state index contributed by atoms with van der Waals surface area (Å²) in [6, 6.07) is 3.95. The molecule has 1 heterocycles. The predicted molar refractivity (Wildman–Crippen MR) is 78.8 cm³/mol. The summed E-state index contributed by atoms with van der Waals surface area (Å²) in [6.07, 6.45) is 0.891. The number of nitro groups is 1. The highest BCUT2D eigenvalue weighted by Crippen LogP contribution is 2.32. The number of nitro benzene ring substituents is 1. The molecule has 1 unspecified atom stereocenters. The van der Waals surface area contributed by atoms with Crippen LogP contribution >= 0.6 is 0 Å². The molecule has 1 fully saturated rings. The lowest BCUT2D eigenvalue weighted by molar-refractivity contribution is -0.384. The van der Waals surface area contributed by atoms with Crippen molar-refractivity contribution >= 4 is 21.4 Å². The van der Waals surface area contributed by atoms with E-state index in [-0.39, 0.29) is 16.6 Å². The van der Waals surface area contributed by atoms with Crippen LogP contribution in [0.4, 0.5) is 11.4 Å². The number of hydrogen-bond acceptors (Lipinski definition) is 6. The summed E-state index contributed by atoms with van der Waals surface area (Å²) in [6.45, 7) is 4.13. The zero-order valence-corrected chi connectivity index (χ0v) is 12.5. The minimum atomic E-state index is -3.96. The lowest BCUT2D eigenvalue weighted by Crippen LogP contribution is -2.37. The maximum Gasteiger partial charge on any atom is 0.293 e. The number of primary sulfonamides is 1. The lowest BCUT2D eigenvalue weighted by Gasteiger charge is -2.29. The van der Waals surface area contributed by atoms with E-state index in [1.54, 1.807) is 0 Å². The van der Waals surface area contributed by atoms with E-state index >= 15 is 0 Å². The summed E-state index contributed by atoms with van der Waals surface area (Å²) in [4.78, 5) is 12.4. The predicted octanol–water partition coefficient (Wildman–Crippen LogP) is 0.430. The number of benzene rings is 1. The van der Waals surface area contributed by atoms with E-state index < -0.39 is 14.9 Å². The minimum absolute atomic E-state index is 0.161. The molecule has 0 bridgehead atoms. The van der Waals surface area contributed by atoms with Crippen molar-refractivity contribution in [2.45, 2.75) is 24.3 Å². The second-order valence-corrected chi connectivity index (χ2v) is 6.45. The van der Waals surface area contributed by atoms with Crippen LogP contribution < -0.4 is 15.4 Å². The Labute approximate surface area is 123 Å². The molecule has 1 atom stereocenters. The first-order valence-electron chi connectivity index (χ1n) is 6.63. The molecule has 1 aromatic carbocycles. The van der Waals surface area contributed by atoms with Crippen molar-refractivity contribution in [2.24, 2.45) is 5.14 Å². The smallest absolute Gasteiger partial charge is 0.293 e. The van der Waals surface area contributed by atoms with E-state index in [2.05, 4.69) is 5.32 Å². The SMILES string of the molecule is CCN(c1ccc(S(N)(=O)=O)cc1[N+](=O)[O-])C1CCNC1. The largest absolute Gasteiger partial charge is 0.362 e. The Morgan fingerprint density at radius 1 is 1.52 bits per heavy atom. The van der Waals surface area contributed by atoms with Crippen LogP contribution in [-0.2, 0) is 10.0 Å². The average Bonchev–Trinajstić information content (AvgIpc) is 2.92. The Bertz CT molecular complexity index is 641. The summed E-state index contributed by atoms with van der Waals surface area (Å²) in [5, 5.41) is 19.5. The van der Waals surface area contributed by atoms with Gasteiger partial charge in [-0.05, 0) is 32.0 Å². The molecule has 21 heavy (non-hydrogen) atoms. The van der Waals surface area contributed by atoms with E-state index in [0.29, 0.717) is 12.2 Å². The molecule has 1 aliphatic rings. The van der Waals surface area contributed by atoms with Crippen LogP contribution in [0.15, 0.2) is 23.1 Å². The van der Waals surface area contributed by atoms with Gasteiger partial charge in [0.05, 0.1) is 9.82 Å². The molecular weight excluding hydrogens is 296 g/mol. The fraction of sp³-hybridized carbons (Fsp3) is 0.500. The van der Waals surface area contributed by atoms with E-state index in [9.17, 15) is 18.5 Å². The molecule has 0 aliphatic carbocycles. The van der Waals surface area contributed by atoms with Crippen molar-refractivity contribution in [3.63, 3.8) is 0 Å². The molecular formula is C12H18N4O4S. The lowest BCUT2D eigenvalue weighted by atomic mass is 10.1. The molecule has 9 heteroatoms. The molecule has 1 aliphatic heterocycles. The molecule has 1 aromatic rings. The molecule has 0 saturated carbocycles. The third kappa shape index (κ3) is 3.31. The van der Waals surface area contributed by atoms with Crippen molar-refractivity contribution in [3.05, 3.63) is 28.3 Å². The van der Waals surface area contributed by atoms with Gasteiger partial charge in [-0.25, -0.2) is 13.6 Å². The van der Waals surface area contributed by atoms with Crippen molar-refractivity contribution < 1.29 is 13.3 Å². The average molecular weight is 314 g/mol. The topological polar surface area (TPSA) is 119 Å². The Kier molecular flexibility index (Phi) is 4.45. The highest BCUT2D eigenvalue weighted by Gasteiger charge is 2.28. The Balaban J connectivity index is 2.49. The van der Waals surface area contributed by atoms with Gasteiger partial charge in [-0.1, -0.05) is 0 Å². The summed E-state index contributed by atoms with van der Waals surface area (Å²) in [7, 11) is -3.96. The van der Waals surface area contributed by atoms with Crippen molar-refractivity contribution in [2.75, 3.05) is 24.5 Å². The van der Waals surface area contributed by atoms with Gasteiger partial charge < -0.3 is 10.2 Å². The second-order valence-electron chi connectivity index (χ2n) is 4.89. The van der Waals surface area contributed by atoms with E-state index in [4.69, 9.17) is 5.14 Å². The van der Waals surface area contributed by atoms with Gasteiger partial charge >= 0.3 is 0 Å². The van der Waals surface area contributed by atoms with Gasteiger partial charge in [0.2, 0.25) is 10.0 Å². The fourth-order valence-corrected chi connectivity index (χ4v) is 3.13. The number of nitrogens with one attached hydrogen (secondary N) is 1. The van der Waals surface area contributed by atoms with E-state index in [1.807, 2.05) is 11.8 Å². The van der Waals surface area contributed by atoms with Gasteiger partial charge in [0, 0.05) is 25.2 Å². The first-order valence-corrected chi connectivity index (χ1v) is 8.18. The Hall–Kier alpha value is -1.71. The van der Waals surface area contributed by atoms with Crippen LogP contribution in [0.5, 0.6) is 0 Å². The maximum atomic E-state index is 11.3. The van der Waals surface area contributed by atoms with Crippen LogP contribution in [0.1, 0.15) is 13.3 Å². The monoisotopic (exact) mass is 314 g/mol. The highest BCUT2D eigenvalue weighted by molar-refractivity contribution is 7.89. The highest BCUT2D eigenvalue weighted by atomic mass is 32.2. The Morgan fingerprint density at radius 3 is 2.71 bits per heavy atom. The van der Waals surface area contributed by atoms with Crippen LogP contribution in [-0.4, -0.2) is 39.0 Å². The molecule has 1 saturated heterocycles. The van der Waals surface area contributed by atoms with E-state index in [1.165, 1.54) is 12.1 Å². The molecule has 0 spiro atoms. The number of likely N-dealkylation sites (N-methyl/N-ethyl adjacent to an activating group) is 1. The van der Waals surface area contributed by atoms with Crippen molar-refractivity contribution in [1.29, 1.82) is 0 Å². The van der Waals surface area contributed by atoms with E-state index in [0.717, 1.165) is 25.6 Å². The van der Waals surface area contributed by atoms with Gasteiger partial charge in [0.15, 0.2) is 0 Å². The summed E-state index contributed by atoms with van der Waals surface area (Å²) >= 11 is 0. The normalized spacial score (nSPS) is 18.7. The third-order valence-electron chi connectivity index (χ3n) is 3.60. The van der Waals surface area contributed by atoms with Gasteiger partial charge in [-0.2, -0.15) is 0 Å². The first kappa shape index (κ1) is 15.7. The zero-order valence-electron chi connectivity index (χ0n) is 11.7. The fourth-order valence-electron chi connectivity index (χ4n) is 2.60. The number of nitrogens with two attached hydrogens (primary N) is 1. The minimum Gasteiger partial charge on any atom is -0.362 e. The van der Waals surface area contributed by atoms with Crippen LogP contribution in [0.25, 0.3) is 0 Å². The molecule has 116 valence electrons. The number of anilines is 1. The van der Waals surface area contributed by atoms with Gasteiger partial charge in [0.1, 0.15) is 5.69 Å². The van der Waals surface area contributed by atoms with Crippen LogP contribution in [0.2, 0.25) is 0 Å². The van der Waals surface area contributed by atoms with Crippen molar-refractivity contribution in [1.82, 2.24) is 5.32 Å². The standard InChI is InChI=1S/C12H18N4O4S/c1-2-15(9-5-6-14-8-9)11-4-3-10(21(13,19)20)7-12(11)16(17)18/h3-4,7,9,14H,2,5-6,8H2,1H3,(H2,13,19,20). The van der Waals surface area contributed by atoms with Gasteiger partial charge in [-0.3, -0.25) is 10.1 Å². The number of nitrogens with zero attached hydrogens (tertiary/aromatic N) is 2. The molecule has 2 rings (SSSR count). The van der Waals surface area contributed by atoms with Crippen molar-refractivity contribution in [3.8, 4) is 0 Å². The molecule has 0 aromatic heterocycles. The van der Waals surface area contributed by atoms with Crippen LogP contribution in [0, 0.1) is 10.1 Å².